The minimum absolute atomic E-state index is 0.0195. The predicted octanol–water partition coefficient (Wildman–Crippen LogP) is 4.77. The van der Waals surface area contributed by atoms with Crippen molar-refractivity contribution in [1.82, 2.24) is 15.2 Å². The Morgan fingerprint density at radius 1 is 1.06 bits per heavy atom. The Morgan fingerprint density at radius 3 is 2.45 bits per heavy atom. The van der Waals surface area contributed by atoms with Crippen LogP contribution in [-0.2, 0) is 4.79 Å². The van der Waals surface area contributed by atoms with Crippen molar-refractivity contribution in [3.8, 4) is 0 Å². The molecule has 2 N–H and O–H groups in total. The highest BCUT2D eigenvalue weighted by molar-refractivity contribution is 6.42. The van der Waals surface area contributed by atoms with Crippen LogP contribution in [0.25, 0.3) is 0 Å². The van der Waals surface area contributed by atoms with E-state index in [-0.39, 0.29) is 30.2 Å². The van der Waals surface area contributed by atoms with E-state index in [4.69, 9.17) is 39.9 Å². The zero-order chi connectivity index (χ0) is 23.5. The number of carbonyl (C=O) groups excluding carboxylic acids is 1. The third kappa shape index (κ3) is 5.65. The van der Waals surface area contributed by atoms with Crippen LogP contribution >= 0.6 is 34.8 Å². The van der Waals surface area contributed by atoms with Gasteiger partial charge in [0.25, 0.3) is 0 Å². The second kappa shape index (κ2) is 10.4. The monoisotopic (exact) mass is 510 g/mol. The molecule has 0 unspecified atom stereocenters. The first-order chi connectivity index (χ1) is 15.8. The number of carboxylic acid groups (broad SMARTS) is 1. The molecule has 1 aromatic heterocycles. The van der Waals surface area contributed by atoms with Gasteiger partial charge in [0.15, 0.2) is 0 Å². The third-order valence-electron chi connectivity index (χ3n) is 6.52. The summed E-state index contributed by atoms with van der Waals surface area (Å²) >= 11 is 18.2. The number of likely N-dealkylation sites (tertiary alicyclic amines) is 1. The summed E-state index contributed by atoms with van der Waals surface area (Å²) in [5, 5.41) is 13.1. The average Bonchev–Trinajstić information content (AvgIpc) is 3.24. The summed E-state index contributed by atoms with van der Waals surface area (Å²) in [4.78, 5) is 32.9. The van der Waals surface area contributed by atoms with E-state index >= 15 is 0 Å². The molecule has 2 aromatic rings. The van der Waals surface area contributed by atoms with Crippen LogP contribution in [0.4, 0.5) is 10.6 Å². The Labute approximate surface area is 207 Å². The van der Waals surface area contributed by atoms with Crippen molar-refractivity contribution in [3.05, 3.63) is 57.2 Å². The van der Waals surface area contributed by atoms with Crippen LogP contribution in [0.1, 0.15) is 24.3 Å². The summed E-state index contributed by atoms with van der Waals surface area (Å²) in [6.45, 7) is 2.80. The van der Waals surface area contributed by atoms with Gasteiger partial charge in [0.2, 0.25) is 5.91 Å². The molecule has 176 valence electrons. The molecule has 1 aromatic carbocycles. The summed E-state index contributed by atoms with van der Waals surface area (Å²) in [6, 6.07) is 9.17. The van der Waals surface area contributed by atoms with Gasteiger partial charge in [-0.05, 0) is 42.7 Å². The van der Waals surface area contributed by atoms with Gasteiger partial charge in [-0.15, -0.1) is 0 Å². The van der Waals surface area contributed by atoms with Crippen molar-refractivity contribution in [2.24, 2.45) is 11.8 Å². The van der Waals surface area contributed by atoms with Gasteiger partial charge in [0.05, 0.1) is 15.1 Å². The maximum Gasteiger partial charge on any atom is 0.404 e. The van der Waals surface area contributed by atoms with Gasteiger partial charge in [-0.3, -0.25) is 4.79 Å². The predicted molar refractivity (Wildman–Crippen MR) is 129 cm³/mol. The number of amides is 2. The SMILES string of the molecule is O=C(O)NC[C@H]1CN(C(=O)C2CCN(c3ccc(Cl)cn3)CC2)C[C@H]1c1ccc(Cl)c(Cl)c1. The highest BCUT2D eigenvalue weighted by Gasteiger charge is 2.39. The normalized spacial score (nSPS) is 21.3. The number of halogens is 3. The summed E-state index contributed by atoms with van der Waals surface area (Å²) in [6.07, 6.45) is 2.05. The Bertz CT molecular complexity index is 1010. The van der Waals surface area contributed by atoms with Gasteiger partial charge in [-0.25, -0.2) is 9.78 Å². The van der Waals surface area contributed by atoms with E-state index in [1.807, 2.05) is 29.2 Å². The van der Waals surface area contributed by atoms with Gasteiger partial charge < -0.3 is 20.2 Å². The fourth-order valence-electron chi connectivity index (χ4n) is 4.77. The second-order valence-electron chi connectivity index (χ2n) is 8.57. The average molecular weight is 512 g/mol. The molecule has 4 rings (SSSR count). The summed E-state index contributed by atoms with van der Waals surface area (Å²) in [5.74, 6) is 0.872. The largest absolute Gasteiger partial charge is 0.465 e. The van der Waals surface area contributed by atoms with Gasteiger partial charge in [-0.1, -0.05) is 40.9 Å². The second-order valence-corrected chi connectivity index (χ2v) is 9.82. The number of pyridine rings is 1. The van der Waals surface area contributed by atoms with Crippen LogP contribution in [0.5, 0.6) is 0 Å². The zero-order valence-electron chi connectivity index (χ0n) is 17.9. The van der Waals surface area contributed by atoms with Crippen molar-refractivity contribution < 1.29 is 14.7 Å². The molecule has 0 radical (unpaired) electrons. The van der Waals surface area contributed by atoms with Crippen LogP contribution in [-0.4, -0.2) is 59.7 Å². The molecule has 2 amide bonds. The number of carbonyl (C=O) groups is 2. The Hall–Kier alpha value is -2.22. The lowest BCUT2D eigenvalue weighted by Gasteiger charge is -2.34. The first-order valence-corrected chi connectivity index (χ1v) is 12.0. The minimum Gasteiger partial charge on any atom is -0.465 e. The van der Waals surface area contributed by atoms with Crippen LogP contribution in [0.15, 0.2) is 36.5 Å². The number of nitrogens with zero attached hydrogens (tertiary/aromatic N) is 3. The van der Waals surface area contributed by atoms with E-state index in [2.05, 4.69) is 15.2 Å². The highest BCUT2D eigenvalue weighted by Crippen LogP contribution is 2.37. The molecule has 7 nitrogen and oxygen atoms in total. The molecule has 0 saturated carbocycles. The molecule has 2 aliphatic heterocycles. The molecule has 2 atom stereocenters. The molecule has 33 heavy (non-hydrogen) atoms. The van der Waals surface area contributed by atoms with Crippen molar-refractivity contribution in [3.63, 3.8) is 0 Å². The van der Waals surface area contributed by atoms with Crippen LogP contribution < -0.4 is 10.2 Å². The minimum atomic E-state index is -1.07. The number of piperidine rings is 1. The van der Waals surface area contributed by atoms with Crippen molar-refractivity contribution in [1.29, 1.82) is 0 Å². The smallest absolute Gasteiger partial charge is 0.404 e. The Balaban J connectivity index is 1.42. The lowest BCUT2D eigenvalue weighted by molar-refractivity contribution is -0.135. The quantitative estimate of drug-likeness (QED) is 0.604. The lowest BCUT2D eigenvalue weighted by Crippen LogP contribution is -2.42. The number of hydrogen-bond acceptors (Lipinski definition) is 4. The molecule has 0 spiro atoms. The van der Waals surface area contributed by atoms with E-state index in [1.165, 1.54) is 0 Å². The van der Waals surface area contributed by atoms with E-state index in [1.54, 1.807) is 12.3 Å². The highest BCUT2D eigenvalue weighted by atomic mass is 35.5. The topological polar surface area (TPSA) is 85.8 Å². The summed E-state index contributed by atoms with van der Waals surface area (Å²) in [7, 11) is 0. The zero-order valence-corrected chi connectivity index (χ0v) is 20.2. The molecule has 10 heteroatoms. The van der Waals surface area contributed by atoms with Crippen LogP contribution in [0, 0.1) is 11.8 Å². The van der Waals surface area contributed by atoms with Crippen molar-refractivity contribution in [2.45, 2.75) is 18.8 Å². The number of rotatable bonds is 5. The first kappa shape index (κ1) is 23.9. The molecule has 2 fully saturated rings. The van der Waals surface area contributed by atoms with E-state index in [0.717, 1.165) is 37.3 Å². The molecular weight excluding hydrogens is 487 g/mol. The first-order valence-electron chi connectivity index (χ1n) is 10.9. The summed E-state index contributed by atoms with van der Waals surface area (Å²) < 4.78 is 0. The van der Waals surface area contributed by atoms with Crippen LogP contribution in [0.3, 0.4) is 0 Å². The number of anilines is 1. The molecule has 3 heterocycles. The Morgan fingerprint density at radius 2 is 1.82 bits per heavy atom. The molecular formula is C23H25Cl3N4O3. The van der Waals surface area contributed by atoms with E-state index in [0.29, 0.717) is 28.2 Å². The third-order valence-corrected chi connectivity index (χ3v) is 7.48. The van der Waals surface area contributed by atoms with Crippen molar-refractivity contribution >= 4 is 52.6 Å². The molecule has 0 aliphatic carbocycles. The number of nitrogens with one attached hydrogen (secondary N) is 1. The standard InChI is InChI=1S/C23H25Cl3N4O3/c24-17-2-4-21(27-11-17)29-7-5-14(6-8-29)22(31)30-12-16(10-28-23(32)33)18(13-30)15-1-3-19(25)20(26)9-15/h1-4,9,11,14,16,18,28H,5-8,10,12-13H2,(H,32,33)/t16-,18-/m0/s1. The van der Waals surface area contributed by atoms with Gasteiger partial charge >= 0.3 is 6.09 Å². The summed E-state index contributed by atoms with van der Waals surface area (Å²) in [5.41, 5.74) is 0.959. The molecule has 2 aliphatic rings. The molecule has 0 bridgehead atoms. The van der Waals surface area contributed by atoms with Crippen molar-refractivity contribution in [2.75, 3.05) is 37.6 Å². The number of aromatic nitrogens is 1. The number of hydrogen-bond donors (Lipinski definition) is 2. The van der Waals surface area contributed by atoms with Crippen LogP contribution in [0.2, 0.25) is 15.1 Å². The number of benzene rings is 1. The van der Waals surface area contributed by atoms with E-state index in [9.17, 15) is 9.59 Å². The van der Waals surface area contributed by atoms with Gasteiger partial charge in [0.1, 0.15) is 5.82 Å². The fraction of sp³-hybridized carbons (Fsp3) is 0.435. The van der Waals surface area contributed by atoms with E-state index < -0.39 is 6.09 Å². The molecule has 2 saturated heterocycles. The Kier molecular flexibility index (Phi) is 7.51. The van der Waals surface area contributed by atoms with Gasteiger partial charge in [0, 0.05) is 56.7 Å². The lowest BCUT2D eigenvalue weighted by atomic mass is 9.89. The maximum absolute atomic E-state index is 13.4. The maximum atomic E-state index is 13.4. The fourth-order valence-corrected chi connectivity index (χ4v) is 5.18. The van der Waals surface area contributed by atoms with Gasteiger partial charge in [-0.2, -0.15) is 0 Å².